The second-order valence-corrected chi connectivity index (χ2v) is 7.86. The van der Waals surface area contributed by atoms with Crippen LogP contribution < -0.4 is 10.1 Å². The van der Waals surface area contributed by atoms with E-state index in [9.17, 15) is 4.79 Å². The Morgan fingerprint density at radius 1 is 1.31 bits per heavy atom. The van der Waals surface area contributed by atoms with Crippen LogP contribution in [0.15, 0.2) is 24.3 Å². The Labute approximate surface area is 159 Å². The second kappa shape index (κ2) is 8.64. The number of hydrogen-bond acceptors (Lipinski definition) is 5. The predicted molar refractivity (Wildman–Crippen MR) is 106 cm³/mol. The van der Waals surface area contributed by atoms with E-state index in [2.05, 4.69) is 29.2 Å². The molecule has 0 atom stereocenters. The molecule has 0 unspecified atom stereocenters. The van der Waals surface area contributed by atoms with Gasteiger partial charge in [-0.25, -0.2) is 4.98 Å². The van der Waals surface area contributed by atoms with Gasteiger partial charge in [0.1, 0.15) is 15.6 Å². The van der Waals surface area contributed by atoms with Gasteiger partial charge >= 0.3 is 0 Å². The SMILES string of the molecule is CCCOc1ccc(-c2nc(C)c(C(=O)NC3CCN(C)CC3)s2)cc1. The third-order valence-electron chi connectivity index (χ3n) is 4.63. The molecule has 0 spiro atoms. The minimum atomic E-state index is 0.00343. The first kappa shape index (κ1) is 18.9. The van der Waals surface area contributed by atoms with E-state index in [1.807, 2.05) is 31.2 Å². The number of aryl methyl sites for hydroxylation is 1. The van der Waals surface area contributed by atoms with Gasteiger partial charge in [-0.05, 0) is 70.6 Å². The van der Waals surface area contributed by atoms with Crippen LogP contribution in [0.2, 0.25) is 0 Å². The molecule has 1 N–H and O–H groups in total. The van der Waals surface area contributed by atoms with Gasteiger partial charge in [-0.15, -0.1) is 11.3 Å². The van der Waals surface area contributed by atoms with Crippen molar-refractivity contribution < 1.29 is 9.53 Å². The summed E-state index contributed by atoms with van der Waals surface area (Å²) in [6, 6.07) is 8.18. The maximum atomic E-state index is 12.7. The van der Waals surface area contributed by atoms with Crippen LogP contribution >= 0.6 is 11.3 Å². The van der Waals surface area contributed by atoms with Crippen molar-refractivity contribution in [2.45, 2.75) is 39.2 Å². The van der Waals surface area contributed by atoms with Crippen molar-refractivity contribution in [2.24, 2.45) is 0 Å². The molecule has 2 heterocycles. The molecule has 1 aromatic heterocycles. The van der Waals surface area contributed by atoms with Gasteiger partial charge < -0.3 is 15.0 Å². The number of ether oxygens (including phenoxy) is 1. The molecule has 1 aliphatic heterocycles. The molecule has 26 heavy (non-hydrogen) atoms. The number of piperidine rings is 1. The van der Waals surface area contributed by atoms with Crippen LogP contribution in [0.4, 0.5) is 0 Å². The Hall–Kier alpha value is -1.92. The fraction of sp³-hybridized carbons (Fsp3) is 0.500. The average Bonchev–Trinajstić information content (AvgIpc) is 3.04. The molecule has 1 aromatic carbocycles. The largest absolute Gasteiger partial charge is 0.494 e. The highest BCUT2D eigenvalue weighted by atomic mass is 32.1. The van der Waals surface area contributed by atoms with Gasteiger partial charge in [0.05, 0.1) is 12.3 Å². The molecule has 1 amide bonds. The molecule has 5 nitrogen and oxygen atoms in total. The normalized spacial score (nSPS) is 15.8. The first-order valence-electron chi connectivity index (χ1n) is 9.27. The van der Waals surface area contributed by atoms with E-state index >= 15 is 0 Å². The van der Waals surface area contributed by atoms with Crippen molar-refractivity contribution in [3.63, 3.8) is 0 Å². The summed E-state index contributed by atoms with van der Waals surface area (Å²) in [6.07, 6.45) is 3.00. The van der Waals surface area contributed by atoms with Crippen LogP contribution in [-0.2, 0) is 0 Å². The third-order valence-corrected chi connectivity index (χ3v) is 5.84. The Morgan fingerprint density at radius 2 is 2.00 bits per heavy atom. The molecule has 0 bridgehead atoms. The summed E-state index contributed by atoms with van der Waals surface area (Å²) >= 11 is 1.46. The number of benzene rings is 1. The third kappa shape index (κ3) is 4.62. The zero-order chi connectivity index (χ0) is 18.5. The molecular weight excluding hydrogens is 346 g/mol. The number of hydrogen-bond donors (Lipinski definition) is 1. The Morgan fingerprint density at radius 3 is 2.65 bits per heavy atom. The van der Waals surface area contributed by atoms with Crippen LogP contribution in [0.1, 0.15) is 41.6 Å². The Bertz CT molecular complexity index is 734. The van der Waals surface area contributed by atoms with Gasteiger partial charge in [0, 0.05) is 11.6 Å². The molecule has 0 aliphatic carbocycles. The second-order valence-electron chi connectivity index (χ2n) is 6.86. The Kier molecular flexibility index (Phi) is 6.27. The van der Waals surface area contributed by atoms with Gasteiger partial charge in [0.25, 0.3) is 5.91 Å². The zero-order valence-corrected chi connectivity index (χ0v) is 16.6. The number of carbonyl (C=O) groups is 1. The molecule has 6 heteroatoms. The fourth-order valence-corrected chi connectivity index (χ4v) is 4.02. The van der Waals surface area contributed by atoms with Gasteiger partial charge in [-0.3, -0.25) is 4.79 Å². The number of nitrogens with zero attached hydrogens (tertiary/aromatic N) is 2. The summed E-state index contributed by atoms with van der Waals surface area (Å²) in [5.74, 6) is 0.868. The lowest BCUT2D eigenvalue weighted by molar-refractivity contribution is 0.0920. The average molecular weight is 374 g/mol. The summed E-state index contributed by atoms with van der Waals surface area (Å²) in [5.41, 5.74) is 1.81. The monoisotopic (exact) mass is 373 g/mol. The van der Waals surface area contributed by atoms with Crippen LogP contribution in [0, 0.1) is 6.92 Å². The van der Waals surface area contributed by atoms with E-state index < -0.39 is 0 Å². The summed E-state index contributed by atoms with van der Waals surface area (Å²) < 4.78 is 5.62. The number of thiazole rings is 1. The van der Waals surface area contributed by atoms with Gasteiger partial charge in [0.15, 0.2) is 0 Å². The van der Waals surface area contributed by atoms with Crippen molar-refractivity contribution in [1.29, 1.82) is 0 Å². The molecule has 3 rings (SSSR count). The van der Waals surface area contributed by atoms with Crippen molar-refractivity contribution in [3.8, 4) is 16.3 Å². The van der Waals surface area contributed by atoms with Crippen molar-refractivity contribution in [1.82, 2.24) is 15.2 Å². The fourth-order valence-electron chi connectivity index (χ4n) is 3.05. The van der Waals surface area contributed by atoms with Crippen LogP contribution in [0.5, 0.6) is 5.75 Å². The number of rotatable bonds is 6. The summed E-state index contributed by atoms with van der Waals surface area (Å²) in [4.78, 5) is 20.3. The summed E-state index contributed by atoms with van der Waals surface area (Å²) in [7, 11) is 2.12. The maximum absolute atomic E-state index is 12.7. The highest BCUT2D eigenvalue weighted by Crippen LogP contribution is 2.29. The molecule has 2 aromatic rings. The van der Waals surface area contributed by atoms with Crippen molar-refractivity contribution >= 4 is 17.2 Å². The van der Waals surface area contributed by atoms with Crippen molar-refractivity contribution in [3.05, 3.63) is 34.8 Å². The molecule has 1 fully saturated rings. The summed E-state index contributed by atoms with van der Waals surface area (Å²) in [5, 5.41) is 4.05. The van der Waals surface area contributed by atoms with E-state index in [-0.39, 0.29) is 11.9 Å². The van der Waals surface area contributed by atoms with Crippen molar-refractivity contribution in [2.75, 3.05) is 26.7 Å². The van der Waals surface area contributed by atoms with E-state index in [0.29, 0.717) is 4.88 Å². The van der Waals surface area contributed by atoms with Crippen LogP contribution in [0.25, 0.3) is 10.6 Å². The predicted octanol–water partition coefficient (Wildman–Crippen LogP) is 3.73. The standard InChI is InChI=1S/C20H27N3O2S/c1-4-13-25-17-7-5-15(6-8-17)20-21-14(2)18(26-20)19(24)22-16-9-11-23(3)12-10-16/h5-8,16H,4,9-13H2,1-3H3,(H,22,24). The number of nitrogens with one attached hydrogen (secondary N) is 1. The number of amides is 1. The number of carbonyl (C=O) groups excluding carboxylic acids is 1. The lowest BCUT2D eigenvalue weighted by atomic mass is 10.1. The lowest BCUT2D eigenvalue weighted by Gasteiger charge is -2.29. The molecular formula is C20H27N3O2S. The topological polar surface area (TPSA) is 54.5 Å². The van der Waals surface area contributed by atoms with Gasteiger partial charge in [0.2, 0.25) is 0 Å². The highest BCUT2D eigenvalue weighted by molar-refractivity contribution is 7.17. The zero-order valence-electron chi connectivity index (χ0n) is 15.7. The molecule has 1 aliphatic rings. The van der Waals surface area contributed by atoms with E-state index in [1.165, 1.54) is 11.3 Å². The highest BCUT2D eigenvalue weighted by Gasteiger charge is 2.22. The maximum Gasteiger partial charge on any atom is 0.263 e. The summed E-state index contributed by atoms with van der Waals surface area (Å²) in [6.45, 7) is 6.78. The Balaban J connectivity index is 1.67. The molecule has 0 radical (unpaired) electrons. The molecule has 1 saturated heterocycles. The first-order chi connectivity index (χ1) is 12.6. The first-order valence-corrected chi connectivity index (χ1v) is 10.1. The van der Waals surface area contributed by atoms with Gasteiger partial charge in [-0.1, -0.05) is 6.92 Å². The minimum absolute atomic E-state index is 0.00343. The quantitative estimate of drug-likeness (QED) is 0.838. The molecule has 0 saturated carbocycles. The van der Waals surface area contributed by atoms with Crippen LogP contribution in [0.3, 0.4) is 0 Å². The van der Waals surface area contributed by atoms with E-state index in [0.717, 1.165) is 61.0 Å². The van der Waals surface area contributed by atoms with Crippen LogP contribution in [-0.4, -0.2) is 48.6 Å². The molecule has 140 valence electrons. The number of likely N-dealkylation sites (tertiary alicyclic amines) is 1. The lowest BCUT2D eigenvalue weighted by Crippen LogP contribution is -2.43. The smallest absolute Gasteiger partial charge is 0.263 e. The van der Waals surface area contributed by atoms with E-state index in [1.54, 1.807) is 0 Å². The number of aromatic nitrogens is 1. The van der Waals surface area contributed by atoms with E-state index in [4.69, 9.17) is 4.74 Å². The minimum Gasteiger partial charge on any atom is -0.494 e. The van der Waals surface area contributed by atoms with Gasteiger partial charge in [-0.2, -0.15) is 0 Å².